The Labute approximate surface area is 74.6 Å². The van der Waals surface area contributed by atoms with E-state index in [2.05, 4.69) is 5.10 Å². The van der Waals surface area contributed by atoms with E-state index in [0.717, 1.165) is 0 Å². The van der Waals surface area contributed by atoms with E-state index in [1.165, 1.54) is 0 Å². The van der Waals surface area contributed by atoms with Crippen molar-refractivity contribution in [3.8, 4) is 0 Å². The summed E-state index contributed by atoms with van der Waals surface area (Å²) in [4.78, 5) is 0. The van der Waals surface area contributed by atoms with E-state index in [0.29, 0.717) is 12.3 Å². The van der Waals surface area contributed by atoms with Crippen LogP contribution in [0.2, 0.25) is 0 Å². The van der Waals surface area contributed by atoms with Gasteiger partial charge in [0.2, 0.25) is 0 Å². The predicted molar refractivity (Wildman–Crippen MR) is 36.3 cm³/mol. The lowest BCUT2D eigenvalue weighted by Gasteiger charge is -2.13. The van der Waals surface area contributed by atoms with E-state index in [4.69, 9.17) is 0 Å². The smallest absolute Gasteiger partial charge is 0.448 e. The molecule has 0 radical (unpaired) electrons. The first-order valence-corrected chi connectivity index (χ1v) is 3.50. The van der Waals surface area contributed by atoms with Gasteiger partial charge in [0.25, 0.3) is 0 Å². The van der Waals surface area contributed by atoms with Crippen molar-refractivity contribution in [2.45, 2.75) is 12.6 Å². The van der Waals surface area contributed by atoms with Gasteiger partial charge in [-0.25, -0.2) is 0 Å². The quantitative estimate of drug-likeness (QED) is 0.548. The molecule has 0 aliphatic carbocycles. The van der Waals surface area contributed by atoms with Crippen LogP contribution in [0.1, 0.15) is 5.69 Å². The second-order valence-electron chi connectivity index (χ2n) is 2.63. The first-order chi connectivity index (χ1) is 6.18. The lowest BCUT2D eigenvalue weighted by molar-refractivity contribution is -0.141. The number of rotatable bonds is 2. The summed E-state index contributed by atoms with van der Waals surface area (Å²) < 4.78 is 71.2. The summed E-state index contributed by atoms with van der Waals surface area (Å²) in [5.41, 5.74) is -1.32. The molecule has 0 spiro atoms. The molecule has 0 N–H and O–H groups in total. The maximum absolute atomic E-state index is 11.9. The average Bonchev–Trinajstić information content (AvgIpc) is 2.29. The molecule has 0 saturated heterocycles. The molecule has 2 nitrogen and oxygen atoms in total. The summed E-state index contributed by atoms with van der Waals surface area (Å²) in [6.07, 6.45) is -5.52. The van der Waals surface area contributed by atoms with Crippen LogP contribution in [-0.2, 0) is 12.6 Å². The summed E-state index contributed by atoms with van der Waals surface area (Å²) >= 11 is 0. The number of hydrogen-bond donors (Lipinski definition) is 0. The summed E-state index contributed by atoms with van der Waals surface area (Å²) in [6.45, 7) is -5.18. The Bertz CT molecular complexity index is 313. The number of alkyl halides is 3. The van der Waals surface area contributed by atoms with Gasteiger partial charge in [0.1, 0.15) is 0 Å². The summed E-state index contributed by atoms with van der Waals surface area (Å²) in [5.74, 6) is 0. The van der Waals surface area contributed by atoms with Crippen molar-refractivity contribution in [3.05, 3.63) is 18.0 Å². The fraction of sp³-hybridized carbons (Fsp3) is 0.400. The maximum Gasteiger partial charge on any atom is 0.499 e. The Balaban J connectivity index is 2.79. The lowest BCUT2D eigenvalue weighted by atomic mass is 9.93. The maximum atomic E-state index is 11.9. The highest BCUT2D eigenvalue weighted by molar-refractivity contribution is 6.57. The van der Waals surface area contributed by atoms with Crippen molar-refractivity contribution in [1.29, 1.82) is 0 Å². The zero-order valence-corrected chi connectivity index (χ0v) is 6.60. The standard InChI is InChI=1S/C5H4BF6N2/c7-5(8,9)4-1-2-14(13-4)3-6(10,11)12/h1-2H,3H2/q-1. The minimum absolute atomic E-state index is 0.225. The zero-order chi connectivity index (χ0) is 11.0. The molecule has 1 heterocycles. The summed E-state index contributed by atoms with van der Waals surface area (Å²) in [7, 11) is 0. The molecule has 14 heavy (non-hydrogen) atoms. The minimum Gasteiger partial charge on any atom is -0.448 e. The molecule has 0 unspecified atom stereocenters. The second-order valence-corrected chi connectivity index (χ2v) is 2.63. The number of nitrogens with zero attached hydrogens (tertiary/aromatic N) is 2. The predicted octanol–water partition coefficient (Wildman–Crippen LogP) is 2.29. The molecule has 1 aromatic rings. The van der Waals surface area contributed by atoms with Crippen LogP contribution in [0, 0.1) is 0 Å². The molecular weight excluding hydrogens is 213 g/mol. The third-order valence-electron chi connectivity index (χ3n) is 1.33. The van der Waals surface area contributed by atoms with Crippen molar-refractivity contribution < 1.29 is 26.1 Å². The van der Waals surface area contributed by atoms with Gasteiger partial charge in [0, 0.05) is 12.6 Å². The Morgan fingerprint density at radius 1 is 1.29 bits per heavy atom. The third-order valence-corrected chi connectivity index (χ3v) is 1.33. The van der Waals surface area contributed by atoms with E-state index in [1.54, 1.807) is 0 Å². The van der Waals surface area contributed by atoms with E-state index >= 15 is 0 Å². The highest BCUT2D eigenvalue weighted by atomic mass is 19.4. The van der Waals surface area contributed by atoms with Crippen molar-refractivity contribution >= 4 is 6.98 Å². The molecule has 0 bridgehead atoms. The fourth-order valence-corrected chi connectivity index (χ4v) is 0.827. The fourth-order valence-electron chi connectivity index (χ4n) is 0.827. The normalized spacial score (nSPS) is 13.3. The van der Waals surface area contributed by atoms with Gasteiger partial charge in [-0.3, -0.25) is 4.68 Å². The van der Waals surface area contributed by atoms with Gasteiger partial charge in [-0.15, -0.1) is 0 Å². The topological polar surface area (TPSA) is 17.8 Å². The van der Waals surface area contributed by atoms with Gasteiger partial charge in [0.05, 0.1) is 0 Å². The van der Waals surface area contributed by atoms with Crippen LogP contribution in [0.25, 0.3) is 0 Å². The van der Waals surface area contributed by atoms with Gasteiger partial charge in [-0.05, 0) is 6.07 Å². The Hall–Kier alpha value is -1.15. The molecule has 0 fully saturated rings. The minimum atomic E-state index is -5.18. The zero-order valence-electron chi connectivity index (χ0n) is 6.60. The number of hydrogen-bond acceptors (Lipinski definition) is 1. The van der Waals surface area contributed by atoms with Crippen LogP contribution < -0.4 is 0 Å². The van der Waals surface area contributed by atoms with E-state index < -0.39 is 25.3 Å². The monoisotopic (exact) mass is 217 g/mol. The molecular formula is C5H4BF6N2-. The van der Waals surface area contributed by atoms with E-state index in [1.807, 2.05) is 0 Å². The Morgan fingerprint density at radius 3 is 2.21 bits per heavy atom. The average molecular weight is 217 g/mol. The highest BCUT2D eigenvalue weighted by Crippen LogP contribution is 2.27. The molecule has 80 valence electrons. The van der Waals surface area contributed by atoms with Crippen LogP contribution in [0.3, 0.4) is 0 Å². The third kappa shape index (κ3) is 2.97. The van der Waals surface area contributed by atoms with E-state index in [-0.39, 0.29) is 4.68 Å². The number of aromatic nitrogens is 2. The Kier molecular flexibility index (Phi) is 2.51. The van der Waals surface area contributed by atoms with Crippen LogP contribution in [0.4, 0.5) is 26.1 Å². The van der Waals surface area contributed by atoms with Crippen molar-refractivity contribution in [2.24, 2.45) is 0 Å². The molecule has 0 aliphatic heterocycles. The molecule has 0 aromatic carbocycles. The van der Waals surface area contributed by atoms with Crippen molar-refractivity contribution in [2.75, 3.05) is 0 Å². The van der Waals surface area contributed by atoms with Gasteiger partial charge in [-0.2, -0.15) is 18.3 Å². The van der Waals surface area contributed by atoms with Crippen LogP contribution in [0.15, 0.2) is 12.3 Å². The van der Waals surface area contributed by atoms with Gasteiger partial charge in [0.15, 0.2) is 5.69 Å². The Morgan fingerprint density at radius 2 is 1.86 bits per heavy atom. The van der Waals surface area contributed by atoms with Crippen molar-refractivity contribution in [1.82, 2.24) is 9.78 Å². The van der Waals surface area contributed by atoms with Gasteiger partial charge < -0.3 is 12.9 Å². The van der Waals surface area contributed by atoms with Crippen LogP contribution >= 0.6 is 0 Å². The summed E-state index contributed by atoms with van der Waals surface area (Å²) in [6, 6.07) is 0.502. The molecule has 0 atom stereocenters. The first-order valence-electron chi connectivity index (χ1n) is 3.50. The largest absolute Gasteiger partial charge is 0.499 e. The van der Waals surface area contributed by atoms with Crippen LogP contribution in [0.5, 0.6) is 0 Å². The SMILES string of the molecule is F[B-](F)(F)Cn1ccc(C(F)(F)F)n1. The summed E-state index contributed by atoms with van der Waals surface area (Å²) in [5, 5.41) is 2.75. The second kappa shape index (κ2) is 3.21. The first kappa shape index (κ1) is 10.9. The van der Waals surface area contributed by atoms with E-state index in [9.17, 15) is 26.1 Å². The lowest BCUT2D eigenvalue weighted by Crippen LogP contribution is -2.24. The molecule has 0 saturated carbocycles. The molecule has 1 rings (SSSR count). The molecule has 0 amide bonds. The van der Waals surface area contributed by atoms with Gasteiger partial charge in [-0.1, -0.05) is 0 Å². The van der Waals surface area contributed by atoms with Gasteiger partial charge >= 0.3 is 13.2 Å². The van der Waals surface area contributed by atoms with Crippen molar-refractivity contribution in [3.63, 3.8) is 0 Å². The molecule has 1 aromatic heterocycles. The molecule has 0 aliphatic rings. The van der Waals surface area contributed by atoms with Crippen LogP contribution in [-0.4, -0.2) is 16.8 Å². The number of halogens is 6. The highest BCUT2D eigenvalue weighted by Gasteiger charge is 2.34. The molecule has 9 heteroatoms.